The van der Waals surface area contributed by atoms with Crippen LogP contribution in [0.15, 0.2) is 11.6 Å². The third kappa shape index (κ3) is 2.21. The molecule has 0 spiro atoms. The lowest BCUT2D eigenvalue weighted by Crippen LogP contribution is -2.50. The maximum absolute atomic E-state index is 12.2. The predicted molar refractivity (Wildman–Crippen MR) is 96.4 cm³/mol. The lowest BCUT2D eigenvalue weighted by atomic mass is 9.47. The maximum Gasteiger partial charge on any atom is 0.133 e. The molecule has 2 heteroatoms. The van der Waals surface area contributed by atoms with Crippen molar-refractivity contribution in [3.05, 3.63) is 11.6 Å². The van der Waals surface area contributed by atoms with Gasteiger partial charge in [-0.15, -0.1) is 0 Å². The first kappa shape index (κ1) is 16.8. The summed E-state index contributed by atoms with van der Waals surface area (Å²) in [5.74, 6) is 3.57. The highest BCUT2D eigenvalue weighted by Gasteiger charge is 2.59. The van der Waals surface area contributed by atoms with Gasteiger partial charge in [0, 0.05) is 12.5 Å². The van der Waals surface area contributed by atoms with E-state index in [1.165, 1.54) is 38.5 Å². The topological polar surface area (TPSA) is 37.3 Å². The van der Waals surface area contributed by atoms with Gasteiger partial charge in [0.15, 0.2) is 0 Å². The molecule has 0 bridgehead atoms. The molecule has 0 aliphatic heterocycles. The highest BCUT2D eigenvalue weighted by atomic mass is 16.3. The quantitative estimate of drug-likeness (QED) is 0.741. The van der Waals surface area contributed by atoms with Crippen molar-refractivity contribution in [3.63, 3.8) is 0 Å². The summed E-state index contributed by atoms with van der Waals surface area (Å²) in [5.41, 5.74) is 2.28. The van der Waals surface area contributed by atoms with E-state index in [0.717, 1.165) is 30.6 Å². The van der Waals surface area contributed by atoms with Gasteiger partial charge in [-0.3, -0.25) is 4.79 Å². The number of hydrogen-bond acceptors (Lipinski definition) is 2. The zero-order valence-corrected chi connectivity index (χ0v) is 15.7. The lowest BCUT2D eigenvalue weighted by Gasteiger charge is -2.58. The van der Waals surface area contributed by atoms with E-state index in [-0.39, 0.29) is 5.41 Å². The molecular formula is C22H34O2. The fourth-order valence-electron chi connectivity index (χ4n) is 7.56. The number of Topliss-reactive ketones (excluding diaryl/α,β-unsaturated/α-hetero) is 1. The number of fused-ring (bicyclic) bond motifs is 5. The first-order valence-corrected chi connectivity index (χ1v) is 10.2. The second-order valence-electron chi connectivity index (χ2n) is 9.84. The summed E-state index contributed by atoms with van der Waals surface area (Å²) in [4.78, 5) is 12.2. The van der Waals surface area contributed by atoms with Crippen LogP contribution in [-0.2, 0) is 4.79 Å². The van der Waals surface area contributed by atoms with Crippen molar-refractivity contribution in [1.82, 2.24) is 0 Å². The molecule has 7 unspecified atom stereocenters. The normalized spacial score (nSPS) is 50.5. The first-order chi connectivity index (χ1) is 11.4. The van der Waals surface area contributed by atoms with Crippen LogP contribution in [-0.4, -0.2) is 17.5 Å². The van der Waals surface area contributed by atoms with Gasteiger partial charge in [0.2, 0.25) is 0 Å². The van der Waals surface area contributed by atoms with Gasteiger partial charge >= 0.3 is 0 Å². The third-order valence-corrected chi connectivity index (χ3v) is 8.95. The monoisotopic (exact) mass is 330 g/mol. The van der Waals surface area contributed by atoms with E-state index in [0.29, 0.717) is 29.6 Å². The molecule has 0 heterocycles. The summed E-state index contributed by atoms with van der Waals surface area (Å²) in [5, 5.41) is 9.58. The average molecular weight is 331 g/mol. The Morgan fingerprint density at radius 2 is 1.96 bits per heavy atom. The van der Waals surface area contributed by atoms with Gasteiger partial charge in [-0.25, -0.2) is 0 Å². The molecule has 0 aromatic carbocycles. The molecule has 0 amide bonds. The average Bonchev–Trinajstić information content (AvgIpc) is 2.91. The maximum atomic E-state index is 12.2. The Hall–Kier alpha value is -0.630. The Balaban J connectivity index is 1.63. The molecule has 4 aliphatic carbocycles. The molecule has 1 N–H and O–H groups in total. The highest BCUT2D eigenvalue weighted by molar-refractivity contribution is 5.79. The van der Waals surface area contributed by atoms with Crippen LogP contribution in [0.5, 0.6) is 0 Å². The summed E-state index contributed by atoms with van der Waals surface area (Å²) in [6, 6.07) is 0. The number of allylic oxidation sites excluding steroid dienone is 2. The molecule has 2 nitrogen and oxygen atoms in total. The zero-order chi connectivity index (χ0) is 17.1. The van der Waals surface area contributed by atoms with Gasteiger partial charge in [-0.2, -0.15) is 0 Å². The second-order valence-corrected chi connectivity index (χ2v) is 9.84. The molecule has 134 valence electrons. The first-order valence-electron chi connectivity index (χ1n) is 10.2. The van der Waals surface area contributed by atoms with E-state index >= 15 is 0 Å². The van der Waals surface area contributed by atoms with E-state index in [1.807, 2.05) is 6.92 Å². The third-order valence-electron chi connectivity index (χ3n) is 8.95. The molecule has 3 fully saturated rings. The largest absolute Gasteiger partial charge is 0.396 e. The van der Waals surface area contributed by atoms with Crippen LogP contribution in [0.1, 0.15) is 72.1 Å². The Morgan fingerprint density at radius 3 is 2.67 bits per heavy atom. The number of carbonyl (C=O) groups is 1. The Morgan fingerprint density at radius 1 is 1.17 bits per heavy atom. The van der Waals surface area contributed by atoms with E-state index in [9.17, 15) is 9.90 Å². The van der Waals surface area contributed by atoms with Crippen LogP contribution in [0.2, 0.25) is 0 Å². The van der Waals surface area contributed by atoms with Crippen LogP contribution in [0.3, 0.4) is 0 Å². The summed E-state index contributed by atoms with van der Waals surface area (Å²) in [6.07, 6.45) is 12.3. The van der Waals surface area contributed by atoms with Crippen molar-refractivity contribution >= 4 is 5.78 Å². The Bertz CT molecular complexity index is 564. The minimum Gasteiger partial charge on any atom is -0.396 e. The summed E-state index contributed by atoms with van der Waals surface area (Å²) in [7, 11) is 0. The number of rotatable bonds is 2. The minimum absolute atomic E-state index is 0.261. The van der Waals surface area contributed by atoms with Crippen LogP contribution in [0.25, 0.3) is 0 Å². The number of carbonyl (C=O) groups excluding carboxylic acids is 1. The molecule has 0 radical (unpaired) electrons. The second kappa shape index (κ2) is 5.69. The zero-order valence-electron chi connectivity index (χ0n) is 15.7. The standard InChI is InChI=1S/C22H34O2/c1-14(24)18-6-7-19-17-5-4-16-12-15(13-23)8-10-21(16,2)20(17)9-11-22(18,19)3/h4,15,17-20,23H,5-13H2,1-3H3. The van der Waals surface area contributed by atoms with E-state index < -0.39 is 0 Å². The smallest absolute Gasteiger partial charge is 0.133 e. The summed E-state index contributed by atoms with van der Waals surface area (Å²) in [6.45, 7) is 7.11. The number of ketones is 1. The van der Waals surface area contributed by atoms with E-state index in [1.54, 1.807) is 5.57 Å². The van der Waals surface area contributed by atoms with Crippen molar-refractivity contribution in [2.24, 2.45) is 40.4 Å². The van der Waals surface area contributed by atoms with Gasteiger partial charge in [0.1, 0.15) is 5.78 Å². The molecular weight excluding hydrogens is 296 g/mol. The summed E-state index contributed by atoms with van der Waals surface area (Å²) < 4.78 is 0. The van der Waals surface area contributed by atoms with Crippen LogP contribution in [0.4, 0.5) is 0 Å². The van der Waals surface area contributed by atoms with Crippen molar-refractivity contribution in [1.29, 1.82) is 0 Å². The molecule has 24 heavy (non-hydrogen) atoms. The van der Waals surface area contributed by atoms with E-state index in [4.69, 9.17) is 0 Å². The van der Waals surface area contributed by atoms with Gasteiger partial charge in [-0.1, -0.05) is 25.5 Å². The van der Waals surface area contributed by atoms with Gasteiger partial charge in [0.25, 0.3) is 0 Å². The van der Waals surface area contributed by atoms with Crippen molar-refractivity contribution in [2.75, 3.05) is 6.61 Å². The number of aliphatic hydroxyl groups excluding tert-OH is 1. The Labute approximate surface area is 147 Å². The molecule has 0 aromatic heterocycles. The van der Waals surface area contributed by atoms with Crippen molar-refractivity contribution in [2.45, 2.75) is 72.1 Å². The van der Waals surface area contributed by atoms with E-state index in [2.05, 4.69) is 19.9 Å². The highest BCUT2D eigenvalue weighted by Crippen LogP contribution is 2.66. The van der Waals surface area contributed by atoms with Crippen LogP contribution >= 0.6 is 0 Å². The molecule has 3 saturated carbocycles. The molecule has 4 rings (SSSR count). The SMILES string of the molecule is CC(=O)C1CCC2C3CC=C4CC(CO)CCC4(C)C3CCC12C. The van der Waals surface area contributed by atoms with Gasteiger partial charge in [0.05, 0.1) is 0 Å². The van der Waals surface area contributed by atoms with Crippen LogP contribution < -0.4 is 0 Å². The molecule has 4 aliphatic rings. The van der Waals surface area contributed by atoms with Gasteiger partial charge in [-0.05, 0) is 92.8 Å². The van der Waals surface area contributed by atoms with Crippen LogP contribution in [0, 0.1) is 40.4 Å². The summed E-state index contributed by atoms with van der Waals surface area (Å²) >= 11 is 0. The fourth-order valence-corrected chi connectivity index (χ4v) is 7.56. The number of hydrogen-bond donors (Lipinski definition) is 1. The lowest BCUT2D eigenvalue weighted by molar-refractivity contribution is -0.127. The minimum atomic E-state index is 0.261. The molecule has 0 aromatic rings. The fraction of sp³-hybridized carbons (Fsp3) is 0.864. The Kier molecular flexibility index (Phi) is 3.99. The predicted octanol–water partition coefficient (Wildman–Crippen LogP) is 4.76. The molecule has 0 saturated heterocycles. The van der Waals surface area contributed by atoms with Gasteiger partial charge < -0.3 is 5.11 Å². The molecule has 7 atom stereocenters. The number of aliphatic hydroxyl groups is 1. The van der Waals surface area contributed by atoms with Crippen molar-refractivity contribution in [3.8, 4) is 0 Å². The van der Waals surface area contributed by atoms with Crippen molar-refractivity contribution < 1.29 is 9.90 Å².